The molecule has 2 N–H and O–H groups in total. The van der Waals surface area contributed by atoms with Gasteiger partial charge in [0.05, 0.1) is 6.10 Å². The maximum atomic E-state index is 12.6. The highest BCUT2D eigenvalue weighted by atomic mass is 16.5. The quantitative estimate of drug-likeness (QED) is 0.742. The summed E-state index contributed by atoms with van der Waals surface area (Å²) in [6, 6.07) is -1.25. The third-order valence-corrected chi connectivity index (χ3v) is 4.94. The van der Waals surface area contributed by atoms with E-state index in [-0.39, 0.29) is 17.9 Å². The molecule has 2 atom stereocenters. The molecule has 0 aromatic heterocycles. The van der Waals surface area contributed by atoms with E-state index in [4.69, 9.17) is 4.74 Å². The molecule has 1 spiro atoms. The lowest BCUT2D eigenvalue weighted by molar-refractivity contribution is -0.138. The van der Waals surface area contributed by atoms with Crippen LogP contribution in [0.15, 0.2) is 0 Å². The zero-order valence-electron chi connectivity index (χ0n) is 12.9. The first kappa shape index (κ1) is 15.3. The van der Waals surface area contributed by atoms with E-state index in [2.05, 4.69) is 10.6 Å². The lowest BCUT2D eigenvalue weighted by Gasteiger charge is -2.24. The molecule has 3 rings (SSSR count). The predicted octanol–water partition coefficient (Wildman–Crippen LogP) is 0.535. The molecule has 122 valence electrons. The van der Waals surface area contributed by atoms with Gasteiger partial charge in [0, 0.05) is 13.2 Å². The number of hydrogen-bond acceptors (Lipinski definition) is 4. The van der Waals surface area contributed by atoms with E-state index in [0.29, 0.717) is 19.4 Å². The van der Waals surface area contributed by atoms with Crippen molar-refractivity contribution >= 4 is 17.8 Å². The Balaban J connectivity index is 1.61. The number of nitrogens with zero attached hydrogens (tertiary/aromatic N) is 1. The van der Waals surface area contributed by atoms with Crippen LogP contribution in [0, 0.1) is 0 Å². The Kier molecular flexibility index (Phi) is 4.08. The van der Waals surface area contributed by atoms with Gasteiger partial charge in [-0.3, -0.25) is 9.59 Å². The van der Waals surface area contributed by atoms with Crippen molar-refractivity contribution in [2.45, 2.75) is 63.1 Å². The predicted molar refractivity (Wildman–Crippen MR) is 78.0 cm³/mol. The first-order valence-corrected chi connectivity index (χ1v) is 8.09. The standard InChI is InChI=1S/C15H23N3O4/c1-10(12(19)16-9-11-5-4-8-22-11)18-13(20)15(17-14(18)21)6-2-3-7-15/h10-11H,2-9H2,1H3,(H,16,19)(H,17,21)/t10-,11+/m1/s1. The molecule has 22 heavy (non-hydrogen) atoms. The van der Waals surface area contributed by atoms with Gasteiger partial charge in [0.1, 0.15) is 11.6 Å². The SMILES string of the molecule is C[C@H](C(=O)NC[C@@H]1CCCO1)N1C(=O)NC2(CCCC2)C1=O. The summed E-state index contributed by atoms with van der Waals surface area (Å²) in [7, 11) is 0. The second-order valence-corrected chi connectivity index (χ2v) is 6.45. The molecule has 0 unspecified atom stereocenters. The van der Waals surface area contributed by atoms with Gasteiger partial charge in [-0.25, -0.2) is 9.69 Å². The number of urea groups is 1. The Bertz CT molecular complexity index is 481. The number of hydrogen-bond donors (Lipinski definition) is 2. The Morgan fingerprint density at radius 2 is 2.14 bits per heavy atom. The van der Waals surface area contributed by atoms with Crippen molar-refractivity contribution in [2.24, 2.45) is 0 Å². The van der Waals surface area contributed by atoms with Gasteiger partial charge in [-0.2, -0.15) is 0 Å². The third-order valence-electron chi connectivity index (χ3n) is 4.94. The number of rotatable bonds is 4. The number of nitrogens with one attached hydrogen (secondary N) is 2. The fourth-order valence-corrected chi connectivity index (χ4v) is 3.60. The summed E-state index contributed by atoms with van der Waals surface area (Å²) in [5, 5.41) is 5.58. The average Bonchev–Trinajstić information content (AvgIpc) is 3.20. The summed E-state index contributed by atoms with van der Waals surface area (Å²) in [5.41, 5.74) is -0.764. The molecule has 0 radical (unpaired) electrons. The molecule has 7 heteroatoms. The van der Waals surface area contributed by atoms with Crippen LogP contribution in [0.25, 0.3) is 0 Å². The molecule has 4 amide bonds. The Labute approximate surface area is 129 Å². The van der Waals surface area contributed by atoms with Crippen LogP contribution in [-0.2, 0) is 14.3 Å². The minimum absolute atomic E-state index is 0.0421. The fraction of sp³-hybridized carbons (Fsp3) is 0.800. The highest BCUT2D eigenvalue weighted by molar-refractivity contribution is 6.09. The molecule has 2 heterocycles. The first-order valence-electron chi connectivity index (χ1n) is 8.09. The molecule has 2 aliphatic heterocycles. The molecular weight excluding hydrogens is 286 g/mol. The zero-order valence-corrected chi connectivity index (χ0v) is 12.9. The van der Waals surface area contributed by atoms with Crippen LogP contribution >= 0.6 is 0 Å². The van der Waals surface area contributed by atoms with Crippen LogP contribution < -0.4 is 10.6 Å². The normalized spacial score (nSPS) is 28.2. The summed E-state index contributed by atoms with van der Waals surface area (Å²) in [5.74, 6) is -0.566. The van der Waals surface area contributed by atoms with Crippen LogP contribution in [-0.4, -0.2) is 53.6 Å². The van der Waals surface area contributed by atoms with Gasteiger partial charge >= 0.3 is 6.03 Å². The maximum Gasteiger partial charge on any atom is 0.325 e. The summed E-state index contributed by atoms with van der Waals surface area (Å²) < 4.78 is 5.45. The summed E-state index contributed by atoms with van der Waals surface area (Å²) in [6.45, 7) is 2.75. The largest absolute Gasteiger partial charge is 0.376 e. The summed E-state index contributed by atoms with van der Waals surface area (Å²) in [4.78, 5) is 38.0. The minimum atomic E-state index is -0.797. The Hall–Kier alpha value is -1.63. The van der Waals surface area contributed by atoms with Gasteiger partial charge in [-0.15, -0.1) is 0 Å². The molecule has 1 saturated carbocycles. The summed E-state index contributed by atoms with van der Waals surface area (Å²) >= 11 is 0. The number of carbonyl (C=O) groups excluding carboxylic acids is 3. The van der Waals surface area contributed by atoms with Crippen LogP contribution in [0.3, 0.4) is 0 Å². The maximum absolute atomic E-state index is 12.6. The Morgan fingerprint density at radius 1 is 1.41 bits per heavy atom. The molecule has 0 aromatic rings. The van der Waals surface area contributed by atoms with Crippen molar-refractivity contribution < 1.29 is 19.1 Å². The third kappa shape index (κ3) is 2.58. The van der Waals surface area contributed by atoms with Crippen molar-refractivity contribution in [3.05, 3.63) is 0 Å². The molecule has 0 bridgehead atoms. The molecule has 0 aromatic carbocycles. The Morgan fingerprint density at radius 3 is 2.77 bits per heavy atom. The van der Waals surface area contributed by atoms with Crippen LogP contribution in [0.1, 0.15) is 45.4 Å². The van der Waals surface area contributed by atoms with E-state index < -0.39 is 17.6 Å². The van der Waals surface area contributed by atoms with Crippen molar-refractivity contribution in [3.63, 3.8) is 0 Å². The van der Waals surface area contributed by atoms with Crippen molar-refractivity contribution in [2.75, 3.05) is 13.2 Å². The molecule has 7 nitrogen and oxygen atoms in total. The van der Waals surface area contributed by atoms with E-state index in [0.717, 1.165) is 37.2 Å². The fourth-order valence-electron chi connectivity index (χ4n) is 3.60. The first-order chi connectivity index (χ1) is 10.5. The van der Waals surface area contributed by atoms with Crippen LogP contribution in [0.2, 0.25) is 0 Å². The minimum Gasteiger partial charge on any atom is -0.376 e. The molecule has 3 fully saturated rings. The van der Waals surface area contributed by atoms with Gasteiger partial charge in [-0.1, -0.05) is 12.8 Å². The average molecular weight is 309 g/mol. The van der Waals surface area contributed by atoms with Crippen molar-refractivity contribution in [3.8, 4) is 0 Å². The highest BCUT2D eigenvalue weighted by Crippen LogP contribution is 2.35. The highest BCUT2D eigenvalue weighted by Gasteiger charge is 2.54. The van der Waals surface area contributed by atoms with Crippen molar-refractivity contribution in [1.82, 2.24) is 15.5 Å². The van der Waals surface area contributed by atoms with Crippen molar-refractivity contribution in [1.29, 1.82) is 0 Å². The zero-order chi connectivity index (χ0) is 15.7. The smallest absolute Gasteiger partial charge is 0.325 e. The van der Waals surface area contributed by atoms with E-state index in [1.54, 1.807) is 6.92 Å². The van der Waals surface area contributed by atoms with E-state index >= 15 is 0 Å². The van der Waals surface area contributed by atoms with Gasteiger partial charge in [0.2, 0.25) is 5.91 Å². The van der Waals surface area contributed by atoms with Gasteiger partial charge in [0.15, 0.2) is 0 Å². The molecule has 1 aliphatic carbocycles. The second-order valence-electron chi connectivity index (χ2n) is 6.45. The molecular formula is C15H23N3O4. The second kappa shape index (κ2) is 5.87. The van der Waals surface area contributed by atoms with E-state index in [9.17, 15) is 14.4 Å². The topological polar surface area (TPSA) is 87.7 Å². The van der Waals surface area contributed by atoms with Crippen LogP contribution in [0.4, 0.5) is 4.79 Å². The van der Waals surface area contributed by atoms with E-state index in [1.165, 1.54) is 0 Å². The number of imide groups is 1. The van der Waals surface area contributed by atoms with E-state index in [1.807, 2.05) is 0 Å². The lowest BCUT2D eigenvalue weighted by atomic mass is 9.97. The monoisotopic (exact) mass is 309 g/mol. The number of amides is 4. The molecule has 3 aliphatic rings. The summed E-state index contributed by atoms with van der Waals surface area (Å²) in [6.07, 6.45) is 5.17. The van der Waals surface area contributed by atoms with Crippen LogP contribution in [0.5, 0.6) is 0 Å². The number of carbonyl (C=O) groups is 3. The molecule has 2 saturated heterocycles. The van der Waals surface area contributed by atoms with Gasteiger partial charge in [0.25, 0.3) is 5.91 Å². The van der Waals surface area contributed by atoms with Gasteiger partial charge in [-0.05, 0) is 32.6 Å². The number of ether oxygens (including phenoxy) is 1. The van der Waals surface area contributed by atoms with Gasteiger partial charge < -0.3 is 15.4 Å². The lowest BCUT2D eigenvalue weighted by Crippen LogP contribution is -2.50.